The Morgan fingerprint density at radius 2 is 1.87 bits per heavy atom. The van der Waals surface area contributed by atoms with Gasteiger partial charge in [-0.25, -0.2) is 8.42 Å². The van der Waals surface area contributed by atoms with Crippen LogP contribution in [0.4, 0.5) is 0 Å². The molecule has 1 aromatic carbocycles. The highest BCUT2D eigenvalue weighted by molar-refractivity contribution is 7.89. The number of ether oxygens (including phenoxy) is 2. The van der Waals surface area contributed by atoms with Gasteiger partial charge in [0.1, 0.15) is 22.1 Å². The van der Waals surface area contributed by atoms with Crippen molar-refractivity contribution in [3.8, 4) is 11.5 Å². The lowest BCUT2D eigenvalue weighted by Crippen LogP contribution is -2.32. The molecule has 0 spiro atoms. The smallest absolute Gasteiger partial charge is 0.271 e. The van der Waals surface area contributed by atoms with Gasteiger partial charge in [-0.2, -0.15) is 4.31 Å². The van der Waals surface area contributed by atoms with Crippen molar-refractivity contribution in [3.63, 3.8) is 0 Å². The van der Waals surface area contributed by atoms with Gasteiger partial charge in [-0.05, 0) is 31.0 Å². The molecule has 9 heteroatoms. The average Bonchev–Trinajstić information content (AvgIpc) is 3.40. The topological polar surface area (TPSA) is 81.1 Å². The van der Waals surface area contributed by atoms with Crippen LogP contribution in [0.5, 0.6) is 11.5 Å². The number of likely N-dealkylation sites (tertiary alicyclic amines) is 1. The monoisotopic (exact) mass is 449 g/mol. The van der Waals surface area contributed by atoms with E-state index in [2.05, 4.69) is 0 Å². The molecule has 1 fully saturated rings. The Morgan fingerprint density at radius 3 is 2.48 bits per heavy atom. The summed E-state index contributed by atoms with van der Waals surface area (Å²) in [5.41, 5.74) is 1.27. The first-order valence-corrected chi connectivity index (χ1v) is 11.9. The average molecular weight is 450 g/mol. The Balaban J connectivity index is 1.94. The van der Waals surface area contributed by atoms with Crippen molar-refractivity contribution < 1.29 is 22.7 Å². The van der Waals surface area contributed by atoms with Gasteiger partial charge >= 0.3 is 0 Å². The van der Waals surface area contributed by atoms with Gasteiger partial charge < -0.3 is 18.9 Å². The predicted molar refractivity (Wildman–Crippen MR) is 118 cm³/mol. The number of benzene rings is 1. The van der Waals surface area contributed by atoms with E-state index in [4.69, 9.17) is 9.47 Å². The van der Waals surface area contributed by atoms with Crippen LogP contribution < -0.4 is 9.47 Å². The maximum atomic E-state index is 13.5. The fraction of sp³-hybridized carbons (Fsp3) is 0.500. The van der Waals surface area contributed by atoms with Gasteiger partial charge in [-0.3, -0.25) is 4.79 Å². The van der Waals surface area contributed by atoms with E-state index in [0.717, 1.165) is 18.4 Å². The van der Waals surface area contributed by atoms with Crippen molar-refractivity contribution in [3.05, 3.63) is 41.7 Å². The van der Waals surface area contributed by atoms with Crippen molar-refractivity contribution in [2.75, 3.05) is 33.9 Å². The summed E-state index contributed by atoms with van der Waals surface area (Å²) in [5.74, 6) is 1.16. The van der Waals surface area contributed by atoms with Gasteiger partial charge in [0, 0.05) is 44.5 Å². The van der Waals surface area contributed by atoms with Crippen molar-refractivity contribution in [2.45, 2.75) is 37.6 Å². The first-order chi connectivity index (χ1) is 14.8. The lowest BCUT2D eigenvalue weighted by Gasteiger charge is -2.26. The Morgan fingerprint density at radius 1 is 1.16 bits per heavy atom. The Bertz CT molecular complexity index is 1040. The summed E-state index contributed by atoms with van der Waals surface area (Å²) < 4.78 is 39.6. The van der Waals surface area contributed by atoms with Crippen molar-refractivity contribution >= 4 is 15.9 Å². The third-order valence-electron chi connectivity index (χ3n) is 5.86. The van der Waals surface area contributed by atoms with Crippen LogP contribution in [0.15, 0.2) is 35.4 Å². The maximum absolute atomic E-state index is 13.5. The van der Waals surface area contributed by atoms with Crippen molar-refractivity contribution in [1.82, 2.24) is 13.8 Å². The zero-order valence-electron chi connectivity index (χ0n) is 18.8. The van der Waals surface area contributed by atoms with Gasteiger partial charge in [0.2, 0.25) is 10.0 Å². The van der Waals surface area contributed by atoms with Gasteiger partial charge in [0.15, 0.2) is 0 Å². The first-order valence-electron chi connectivity index (χ1n) is 10.5. The summed E-state index contributed by atoms with van der Waals surface area (Å²) in [6, 6.07) is 6.93. The number of rotatable bonds is 8. The molecule has 0 bridgehead atoms. The largest absolute Gasteiger partial charge is 0.497 e. The zero-order valence-corrected chi connectivity index (χ0v) is 19.6. The van der Waals surface area contributed by atoms with Crippen molar-refractivity contribution in [2.24, 2.45) is 7.05 Å². The molecule has 1 aromatic heterocycles. The quantitative estimate of drug-likeness (QED) is 0.619. The summed E-state index contributed by atoms with van der Waals surface area (Å²) in [6.45, 7) is 4.95. The SMILES string of the molecule is CCN(CC)S(=O)(=O)c1cc(C(=O)N2CCCC2c2ccc(OC)cc2OC)n(C)c1. The molecule has 1 aliphatic rings. The summed E-state index contributed by atoms with van der Waals surface area (Å²) in [6.07, 6.45) is 3.18. The lowest BCUT2D eigenvalue weighted by atomic mass is 10.0. The van der Waals surface area contributed by atoms with E-state index >= 15 is 0 Å². The second-order valence-corrected chi connectivity index (χ2v) is 9.46. The highest BCUT2D eigenvalue weighted by Crippen LogP contribution is 2.39. The number of amides is 1. The Hall–Kier alpha value is -2.52. The molecule has 2 aromatic rings. The van der Waals surface area contributed by atoms with E-state index in [1.165, 1.54) is 16.6 Å². The zero-order chi connectivity index (χ0) is 22.8. The third kappa shape index (κ3) is 4.29. The molecule has 1 saturated heterocycles. The number of aromatic nitrogens is 1. The second kappa shape index (κ2) is 9.32. The molecule has 31 heavy (non-hydrogen) atoms. The Kier molecular flexibility index (Phi) is 6.96. The van der Waals surface area contributed by atoms with Gasteiger partial charge in [0.25, 0.3) is 5.91 Å². The van der Waals surface area contributed by atoms with Crippen LogP contribution in [0.3, 0.4) is 0 Å². The molecular weight excluding hydrogens is 418 g/mol. The number of nitrogens with zero attached hydrogens (tertiary/aromatic N) is 3. The van der Waals surface area contributed by atoms with Crippen LogP contribution in [0.1, 0.15) is 48.8 Å². The summed E-state index contributed by atoms with van der Waals surface area (Å²) in [7, 11) is 1.26. The molecule has 3 rings (SSSR count). The van der Waals surface area contributed by atoms with E-state index in [9.17, 15) is 13.2 Å². The number of methoxy groups -OCH3 is 2. The number of carbonyl (C=O) groups excluding carboxylic acids is 1. The van der Waals surface area contributed by atoms with E-state index in [0.29, 0.717) is 36.8 Å². The molecule has 0 radical (unpaired) electrons. The van der Waals surface area contributed by atoms with Gasteiger partial charge in [-0.1, -0.05) is 13.8 Å². The normalized spacial score (nSPS) is 16.7. The molecule has 1 unspecified atom stereocenters. The highest BCUT2D eigenvalue weighted by Gasteiger charge is 2.34. The fourth-order valence-corrected chi connectivity index (χ4v) is 5.70. The van der Waals surface area contributed by atoms with E-state index in [1.807, 2.05) is 18.2 Å². The molecule has 1 atom stereocenters. The molecule has 8 nitrogen and oxygen atoms in total. The third-order valence-corrected chi connectivity index (χ3v) is 7.87. The Labute approximate surface area is 184 Å². The van der Waals surface area contributed by atoms with Crippen LogP contribution in [0, 0.1) is 0 Å². The number of hydrogen-bond donors (Lipinski definition) is 0. The molecule has 1 amide bonds. The van der Waals surface area contributed by atoms with Gasteiger partial charge in [0.05, 0.1) is 20.3 Å². The number of carbonyl (C=O) groups is 1. The highest BCUT2D eigenvalue weighted by atomic mass is 32.2. The maximum Gasteiger partial charge on any atom is 0.271 e. The fourth-order valence-electron chi connectivity index (χ4n) is 4.17. The molecule has 1 aliphatic heterocycles. The lowest BCUT2D eigenvalue weighted by molar-refractivity contribution is 0.0724. The van der Waals surface area contributed by atoms with Crippen LogP contribution >= 0.6 is 0 Å². The molecule has 2 heterocycles. The second-order valence-electron chi connectivity index (χ2n) is 7.53. The van der Waals surface area contributed by atoms with Crippen LogP contribution in [-0.2, 0) is 17.1 Å². The summed E-state index contributed by atoms with van der Waals surface area (Å²) in [4.78, 5) is 15.4. The first kappa shape index (κ1) is 23.1. The number of hydrogen-bond acceptors (Lipinski definition) is 5. The van der Waals surface area contributed by atoms with Crippen LogP contribution in [-0.4, -0.2) is 62.0 Å². The van der Waals surface area contributed by atoms with Crippen LogP contribution in [0.25, 0.3) is 0 Å². The van der Waals surface area contributed by atoms with Crippen LogP contribution in [0.2, 0.25) is 0 Å². The van der Waals surface area contributed by atoms with E-state index in [-0.39, 0.29) is 16.8 Å². The minimum absolute atomic E-state index is 0.139. The summed E-state index contributed by atoms with van der Waals surface area (Å²) >= 11 is 0. The molecule has 0 aliphatic carbocycles. The predicted octanol–water partition coefficient (Wildman–Crippen LogP) is 3.05. The number of sulfonamides is 1. The minimum atomic E-state index is -3.64. The van der Waals surface area contributed by atoms with Crippen molar-refractivity contribution in [1.29, 1.82) is 0 Å². The standard InChI is InChI=1S/C22H31N3O5S/c1-6-24(7-2)31(27,28)17-14-20(23(3)15-17)22(26)25-12-8-9-19(25)18-11-10-16(29-4)13-21(18)30-5/h10-11,13-15,19H,6-9,12H2,1-5H3. The molecule has 0 saturated carbocycles. The number of aryl methyl sites for hydroxylation is 1. The molecule has 0 N–H and O–H groups in total. The molecule has 170 valence electrons. The summed E-state index contributed by atoms with van der Waals surface area (Å²) in [5, 5.41) is 0. The van der Waals surface area contributed by atoms with E-state index in [1.54, 1.807) is 44.6 Å². The van der Waals surface area contributed by atoms with E-state index < -0.39 is 10.0 Å². The molecular formula is C22H31N3O5S. The minimum Gasteiger partial charge on any atom is -0.497 e. The van der Waals surface area contributed by atoms with Gasteiger partial charge in [-0.15, -0.1) is 0 Å².